The third-order valence-electron chi connectivity index (χ3n) is 4.42. The number of anilines is 2. The van der Waals surface area contributed by atoms with Crippen molar-refractivity contribution >= 4 is 23.3 Å². The van der Waals surface area contributed by atoms with E-state index in [1.54, 1.807) is 26.0 Å². The highest BCUT2D eigenvalue weighted by Crippen LogP contribution is 2.35. The molecule has 28 heavy (non-hydrogen) atoms. The second-order valence-corrected chi connectivity index (χ2v) is 6.90. The van der Waals surface area contributed by atoms with Crippen LogP contribution in [0, 0.1) is 0 Å². The molecule has 1 N–H and O–H groups in total. The first-order valence-corrected chi connectivity index (χ1v) is 8.64. The zero-order valence-electron chi connectivity index (χ0n) is 15.3. The van der Waals surface area contributed by atoms with Gasteiger partial charge in [-0.05, 0) is 38.1 Å². The Kier molecular flexibility index (Phi) is 5.06. The van der Waals surface area contributed by atoms with Crippen LogP contribution in [0.2, 0.25) is 0 Å². The van der Waals surface area contributed by atoms with Crippen LogP contribution in [-0.4, -0.2) is 30.6 Å². The lowest BCUT2D eigenvalue weighted by atomic mass is 9.98. The number of para-hydroxylation sites is 2. The van der Waals surface area contributed by atoms with E-state index in [1.165, 1.54) is 17.0 Å². The largest absolute Gasteiger partial charge is 0.460 e. The van der Waals surface area contributed by atoms with E-state index in [2.05, 4.69) is 5.32 Å². The predicted octanol–water partition coefficient (Wildman–Crippen LogP) is 4.10. The van der Waals surface area contributed by atoms with E-state index in [9.17, 15) is 22.8 Å². The van der Waals surface area contributed by atoms with Crippen LogP contribution in [0.25, 0.3) is 0 Å². The molecule has 0 bridgehead atoms. The van der Waals surface area contributed by atoms with Crippen molar-refractivity contribution in [1.82, 2.24) is 0 Å². The van der Waals surface area contributed by atoms with Gasteiger partial charge in [-0.1, -0.05) is 24.3 Å². The molecule has 0 saturated carbocycles. The Labute approximate surface area is 160 Å². The Morgan fingerprint density at radius 3 is 2.46 bits per heavy atom. The van der Waals surface area contributed by atoms with Crippen molar-refractivity contribution in [3.8, 4) is 0 Å². The molecule has 1 aliphatic rings. The maximum absolute atomic E-state index is 13.1. The zero-order valence-corrected chi connectivity index (χ0v) is 15.3. The fourth-order valence-electron chi connectivity index (χ4n) is 3.09. The highest BCUT2D eigenvalue weighted by molar-refractivity contribution is 6.07. The summed E-state index contributed by atoms with van der Waals surface area (Å²) in [4.78, 5) is 26.4. The molecule has 148 valence electrons. The number of nitrogens with one attached hydrogen (secondary N) is 1. The smallest absolute Gasteiger partial charge is 0.417 e. The lowest BCUT2D eigenvalue weighted by Gasteiger charge is -2.39. The van der Waals surface area contributed by atoms with Crippen LogP contribution >= 0.6 is 0 Å². The van der Waals surface area contributed by atoms with Crippen LogP contribution in [0.4, 0.5) is 24.5 Å². The minimum absolute atomic E-state index is 0.0287. The van der Waals surface area contributed by atoms with Gasteiger partial charge in [0.15, 0.2) is 0 Å². The van der Waals surface area contributed by atoms with Gasteiger partial charge in [-0.25, -0.2) is 4.79 Å². The Hall–Kier alpha value is -3.03. The van der Waals surface area contributed by atoms with E-state index in [0.29, 0.717) is 5.69 Å². The topological polar surface area (TPSA) is 58.6 Å². The van der Waals surface area contributed by atoms with Crippen molar-refractivity contribution in [1.29, 1.82) is 0 Å². The van der Waals surface area contributed by atoms with Crippen LogP contribution < -0.4 is 10.2 Å². The molecule has 2 aromatic carbocycles. The number of alkyl halides is 3. The van der Waals surface area contributed by atoms with Gasteiger partial charge in [0.25, 0.3) is 5.91 Å². The molecule has 0 unspecified atom stereocenters. The molecule has 1 heterocycles. The van der Waals surface area contributed by atoms with Gasteiger partial charge in [0.05, 0.1) is 29.0 Å². The van der Waals surface area contributed by atoms with Crippen LogP contribution in [-0.2, 0) is 15.7 Å². The normalized spacial score (nSPS) is 15.6. The summed E-state index contributed by atoms with van der Waals surface area (Å²) in [5.74, 6) is -1.30. The Morgan fingerprint density at radius 2 is 1.75 bits per heavy atom. The molecule has 0 aromatic heterocycles. The molecule has 0 radical (unpaired) electrons. The molecule has 0 spiro atoms. The number of hydrogen-bond donors (Lipinski definition) is 1. The van der Waals surface area contributed by atoms with Gasteiger partial charge < -0.3 is 15.0 Å². The standard InChI is InChI=1S/C20H19F3N2O3/c1-19(2)18(27)25(16-10-6-5-9-15(16)24-19)11-12-28-17(26)13-7-3-4-8-14(13)20(21,22)23/h3-10,24H,11-12H2,1-2H3. The molecule has 0 aliphatic carbocycles. The number of fused-ring (bicyclic) bond motifs is 1. The van der Waals surface area contributed by atoms with Crippen LogP contribution in [0.1, 0.15) is 29.8 Å². The fraction of sp³-hybridized carbons (Fsp3) is 0.300. The van der Waals surface area contributed by atoms with Gasteiger partial charge in [0.2, 0.25) is 0 Å². The molecular weight excluding hydrogens is 373 g/mol. The molecule has 1 aliphatic heterocycles. The number of hydrogen-bond acceptors (Lipinski definition) is 4. The maximum Gasteiger partial charge on any atom is 0.417 e. The quantitative estimate of drug-likeness (QED) is 0.796. The second-order valence-electron chi connectivity index (χ2n) is 6.90. The van der Waals surface area contributed by atoms with Crippen LogP contribution in [0.3, 0.4) is 0 Å². The average Bonchev–Trinajstić information content (AvgIpc) is 2.63. The first-order valence-electron chi connectivity index (χ1n) is 8.64. The first kappa shape index (κ1) is 19.7. The number of carbonyl (C=O) groups excluding carboxylic acids is 2. The summed E-state index contributed by atoms with van der Waals surface area (Å²) in [5, 5.41) is 3.14. The molecule has 2 aromatic rings. The second kappa shape index (κ2) is 7.18. The van der Waals surface area contributed by atoms with Crippen LogP contribution in [0.15, 0.2) is 48.5 Å². The highest BCUT2D eigenvalue weighted by Gasteiger charge is 2.39. The monoisotopic (exact) mass is 392 g/mol. The fourth-order valence-corrected chi connectivity index (χ4v) is 3.09. The number of rotatable bonds is 4. The first-order chi connectivity index (χ1) is 13.1. The molecule has 0 atom stereocenters. The van der Waals surface area contributed by atoms with Crippen molar-refractivity contribution in [2.45, 2.75) is 25.6 Å². The summed E-state index contributed by atoms with van der Waals surface area (Å²) >= 11 is 0. The number of ether oxygens (including phenoxy) is 1. The summed E-state index contributed by atoms with van der Waals surface area (Å²) in [6.45, 7) is 3.25. The number of benzene rings is 2. The van der Waals surface area contributed by atoms with Gasteiger partial charge in [-0.3, -0.25) is 4.79 Å². The molecule has 8 heteroatoms. The van der Waals surface area contributed by atoms with Crippen molar-refractivity contribution in [3.05, 3.63) is 59.7 Å². The van der Waals surface area contributed by atoms with Crippen molar-refractivity contribution in [2.75, 3.05) is 23.4 Å². The molecule has 5 nitrogen and oxygen atoms in total. The predicted molar refractivity (Wildman–Crippen MR) is 98.2 cm³/mol. The van der Waals surface area contributed by atoms with E-state index in [1.807, 2.05) is 12.1 Å². The van der Waals surface area contributed by atoms with E-state index in [4.69, 9.17) is 4.74 Å². The average molecular weight is 392 g/mol. The maximum atomic E-state index is 13.1. The van der Waals surface area contributed by atoms with Crippen molar-refractivity contribution < 1.29 is 27.5 Å². The molecule has 0 fully saturated rings. The molecule has 0 saturated heterocycles. The minimum atomic E-state index is -4.66. The molecular formula is C20H19F3N2O3. The van der Waals surface area contributed by atoms with E-state index >= 15 is 0 Å². The highest BCUT2D eigenvalue weighted by atomic mass is 19.4. The Balaban J connectivity index is 1.74. The molecule has 3 rings (SSSR count). The van der Waals surface area contributed by atoms with Gasteiger partial charge in [-0.2, -0.15) is 13.2 Å². The number of esters is 1. The Bertz CT molecular complexity index is 910. The summed E-state index contributed by atoms with van der Waals surface area (Å²) in [7, 11) is 0. The van der Waals surface area contributed by atoms with Gasteiger partial charge in [0.1, 0.15) is 12.1 Å². The number of halogens is 3. The summed E-state index contributed by atoms with van der Waals surface area (Å²) < 4.78 is 44.2. The SMILES string of the molecule is CC1(C)Nc2ccccc2N(CCOC(=O)c2ccccc2C(F)(F)F)C1=O. The molecule has 1 amide bonds. The number of carbonyl (C=O) groups is 2. The van der Waals surface area contributed by atoms with E-state index in [-0.39, 0.29) is 19.1 Å². The third-order valence-corrected chi connectivity index (χ3v) is 4.42. The van der Waals surface area contributed by atoms with E-state index in [0.717, 1.165) is 17.8 Å². The van der Waals surface area contributed by atoms with Crippen molar-refractivity contribution in [3.63, 3.8) is 0 Å². The van der Waals surface area contributed by atoms with Crippen molar-refractivity contribution in [2.24, 2.45) is 0 Å². The summed E-state index contributed by atoms with van der Waals surface area (Å²) in [6, 6.07) is 11.6. The minimum Gasteiger partial charge on any atom is -0.460 e. The summed E-state index contributed by atoms with van der Waals surface area (Å²) in [5.41, 5.74) is -1.09. The van der Waals surface area contributed by atoms with Gasteiger partial charge in [-0.15, -0.1) is 0 Å². The zero-order chi connectivity index (χ0) is 20.5. The Morgan fingerprint density at radius 1 is 1.11 bits per heavy atom. The lowest BCUT2D eigenvalue weighted by Crippen LogP contribution is -2.54. The number of nitrogens with zero attached hydrogens (tertiary/aromatic N) is 1. The van der Waals surface area contributed by atoms with Crippen LogP contribution in [0.5, 0.6) is 0 Å². The summed E-state index contributed by atoms with van der Waals surface area (Å²) in [6.07, 6.45) is -4.66. The van der Waals surface area contributed by atoms with Gasteiger partial charge >= 0.3 is 12.1 Å². The van der Waals surface area contributed by atoms with Gasteiger partial charge in [0, 0.05) is 0 Å². The lowest BCUT2D eigenvalue weighted by molar-refractivity contribution is -0.138. The third kappa shape index (κ3) is 3.81. The van der Waals surface area contributed by atoms with E-state index < -0.39 is 28.8 Å². The number of amides is 1.